The molecule has 0 aliphatic rings. The molecule has 2 N–H and O–H groups in total. The molecule has 2 aromatic rings. The Hall–Kier alpha value is -1.88. The van der Waals surface area contributed by atoms with Gasteiger partial charge in [0, 0.05) is 26.1 Å². The number of aryl methyl sites for hydroxylation is 1. The fourth-order valence-electron chi connectivity index (χ4n) is 1.85. The smallest absolute Gasteiger partial charge is 0.221 e. The van der Waals surface area contributed by atoms with E-state index < -0.39 is 0 Å². The van der Waals surface area contributed by atoms with Gasteiger partial charge in [0.25, 0.3) is 0 Å². The highest BCUT2D eigenvalue weighted by Crippen LogP contribution is 2.11. The number of benzene rings is 1. The van der Waals surface area contributed by atoms with Gasteiger partial charge in [0.2, 0.25) is 5.91 Å². The number of rotatable bonds is 6. The Bertz CT molecular complexity index is 550. The molecule has 1 atom stereocenters. The van der Waals surface area contributed by atoms with Gasteiger partial charge in [-0.15, -0.1) is 0 Å². The van der Waals surface area contributed by atoms with Gasteiger partial charge in [-0.3, -0.25) is 4.79 Å². The first kappa shape index (κ1) is 13.5. The molecule has 1 aromatic heterocycles. The van der Waals surface area contributed by atoms with Crippen molar-refractivity contribution < 1.29 is 9.90 Å². The SMILES string of the molecule is CC(CO)CNC(=O)CCn1cnc2ccccc21. The highest BCUT2D eigenvalue weighted by molar-refractivity contribution is 5.77. The molecule has 0 fully saturated rings. The standard InChI is InChI=1S/C14H19N3O2/c1-11(9-18)8-15-14(19)6-7-17-10-16-12-4-2-3-5-13(12)17/h2-5,10-11,18H,6-9H2,1H3,(H,15,19). The van der Waals surface area contributed by atoms with Crippen LogP contribution < -0.4 is 5.32 Å². The number of nitrogens with one attached hydrogen (secondary N) is 1. The van der Waals surface area contributed by atoms with E-state index in [1.807, 2.05) is 35.8 Å². The summed E-state index contributed by atoms with van der Waals surface area (Å²) < 4.78 is 1.98. The van der Waals surface area contributed by atoms with Crippen molar-refractivity contribution in [3.63, 3.8) is 0 Å². The Morgan fingerprint density at radius 3 is 3.05 bits per heavy atom. The molecular weight excluding hydrogens is 242 g/mol. The Kier molecular flexibility index (Phi) is 4.52. The average Bonchev–Trinajstić information content (AvgIpc) is 2.85. The van der Waals surface area contributed by atoms with E-state index in [9.17, 15) is 4.79 Å². The van der Waals surface area contributed by atoms with E-state index in [-0.39, 0.29) is 18.4 Å². The molecule has 0 saturated carbocycles. The zero-order chi connectivity index (χ0) is 13.7. The third-order valence-electron chi connectivity index (χ3n) is 3.07. The predicted octanol–water partition coefficient (Wildman–Crippen LogP) is 1.17. The summed E-state index contributed by atoms with van der Waals surface area (Å²) in [5.74, 6) is 0.0936. The summed E-state index contributed by atoms with van der Waals surface area (Å²) in [6.07, 6.45) is 2.17. The zero-order valence-electron chi connectivity index (χ0n) is 11.0. The number of hydrogen-bond donors (Lipinski definition) is 2. The molecule has 1 heterocycles. The van der Waals surface area contributed by atoms with Gasteiger partial charge < -0.3 is 15.0 Å². The summed E-state index contributed by atoms with van der Waals surface area (Å²) in [6, 6.07) is 7.86. The second kappa shape index (κ2) is 6.33. The van der Waals surface area contributed by atoms with E-state index in [4.69, 9.17) is 5.11 Å². The Morgan fingerprint density at radius 1 is 1.47 bits per heavy atom. The first-order valence-electron chi connectivity index (χ1n) is 6.48. The van der Waals surface area contributed by atoms with Crippen molar-refractivity contribution in [3.8, 4) is 0 Å². The van der Waals surface area contributed by atoms with Crippen LogP contribution in [0.5, 0.6) is 0 Å². The lowest BCUT2D eigenvalue weighted by Gasteiger charge is -2.10. The van der Waals surface area contributed by atoms with Crippen LogP contribution in [0.1, 0.15) is 13.3 Å². The van der Waals surface area contributed by atoms with Gasteiger partial charge in [0.1, 0.15) is 0 Å². The zero-order valence-corrected chi connectivity index (χ0v) is 11.0. The maximum absolute atomic E-state index is 11.7. The monoisotopic (exact) mass is 261 g/mol. The van der Waals surface area contributed by atoms with E-state index >= 15 is 0 Å². The van der Waals surface area contributed by atoms with Crippen molar-refractivity contribution in [1.29, 1.82) is 0 Å². The van der Waals surface area contributed by atoms with Gasteiger partial charge in [-0.05, 0) is 18.1 Å². The van der Waals surface area contributed by atoms with Crippen LogP contribution in [0.15, 0.2) is 30.6 Å². The van der Waals surface area contributed by atoms with Crippen molar-refractivity contribution in [3.05, 3.63) is 30.6 Å². The molecule has 5 heteroatoms. The minimum absolute atomic E-state index is 0.00178. The number of hydrogen-bond acceptors (Lipinski definition) is 3. The summed E-state index contributed by atoms with van der Waals surface area (Å²) in [7, 11) is 0. The van der Waals surface area contributed by atoms with Crippen LogP contribution in [-0.2, 0) is 11.3 Å². The summed E-state index contributed by atoms with van der Waals surface area (Å²) >= 11 is 0. The van der Waals surface area contributed by atoms with Gasteiger partial charge in [-0.25, -0.2) is 4.98 Å². The normalized spacial score (nSPS) is 12.5. The molecule has 2 rings (SSSR count). The van der Waals surface area contributed by atoms with Crippen LogP contribution in [-0.4, -0.2) is 33.7 Å². The molecule has 0 saturated heterocycles. The predicted molar refractivity (Wildman–Crippen MR) is 73.6 cm³/mol. The molecule has 0 spiro atoms. The number of aliphatic hydroxyl groups excluding tert-OH is 1. The molecule has 0 bridgehead atoms. The quantitative estimate of drug-likeness (QED) is 0.820. The van der Waals surface area contributed by atoms with Gasteiger partial charge in [0.05, 0.1) is 17.4 Å². The highest BCUT2D eigenvalue weighted by Gasteiger charge is 2.06. The van der Waals surface area contributed by atoms with Crippen molar-refractivity contribution >= 4 is 16.9 Å². The number of aromatic nitrogens is 2. The van der Waals surface area contributed by atoms with Gasteiger partial charge in [-0.2, -0.15) is 0 Å². The average molecular weight is 261 g/mol. The molecule has 0 aliphatic heterocycles. The largest absolute Gasteiger partial charge is 0.396 e. The lowest BCUT2D eigenvalue weighted by atomic mass is 10.2. The first-order chi connectivity index (χ1) is 9.20. The fourth-order valence-corrected chi connectivity index (χ4v) is 1.85. The first-order valence-corrected chi connectivity index (χ1v) is 6.48. The highest BCUT2D eigenvalue weighted by atomic mass is 16.3. The Labute approximate surface area is 112 Å². The fraction of sp³-hybridized carbons (Fsp3) is 0.429. The molecular formula is C14H19N3O2. The van der Waals surface area contributed by atoms with E-state index in [0.717, 1.165) is 11.0 Å². The number of imidazole rings is 1. The van der Waals surface area contributed by atoms with Crippen LogP contribution in [0.25, 0.3) is 11.0 Å². The second-order valence-electron chi connectivity index (χ2n) is 4.77. The molecule has 1 aromatic carbocycles. The van der Waals surface area contributed by atoms with Gasteiger partial charge >= 0.3 is 0 Å². The third kappa shape index (κ3) is 3.54. The van der Waals surface area contributed by atoms with Crippen LogP contribution in [0.2, 0.25) is 0 Å². The third-order valence-corrected chi connectivity index (χ3v) is 3.07. The lowest BCUT2D eigenvalue weighted by Crippen LogP contribution is -2.30. The number of carbonyl (C=O) groups is 1. The summed E-state index contributed by atoms with van der Waals surface area (Å²) in [6.45, 7) is 3.11. The van der Waals surface area contributed by atoms with Crippen molar-refractivity contribution in [2.75, 3.05) is 13.2 Å². The molecule has 1 unspecified atom stereocenters. The summed E-state index contributed by atoms with van der Waals surface area (Å²) in [5, 5.41) is 11.7. The second-order valence-corrected chi connectivity index (χ2v) is 4.77. The topological polar surface area (TPSA) is 67.2 Å². The minimum Gasteiger partial charge on any atom is -0.396 e. The Morgan fingerprint density at radius 2 is 2.26 bits per heavy atom. The van der Waals surface area contributed by atoms with Gasteiger partial charge in [-0.1, -0.05) is 19.1 Å². The number of amides is 1. The molecule has 19 heavy (non-hydrogen) atoms. The molecule has 102 valence electrons. The van der Waals surface area contributed by atoms with Crippen molar-refractivity contribution in [1.82, 2.24) is 14.9 Å². The van der Waals surface area contributed by atoms with E-state index in [1.165, 1.54) is 0 Å². The van der Waals surface area contributed by atoms with Crippen LogP contribution in [0.3, 0.4) is 0 Å². The summed E-state index contributed by atoms with van der Waals surface area (Å²) in [4.78, 5) is 16.0. The van der Waals surface area contributed by atoms with Crippen LogP contribution in [0, 0.1) is 5.92 Å². The number of carbonyl (C=O) groups excluding carboxylic acids is 1. The molecule has 5 nitrogen and oxygen atoms in total. The summed E-state index contributed by atoms with van der Waals surface area (Å²) in [5.41, 5.74) is 1.98. The van der Waals surface area contributed by atoms with Crippen molar-refractivity contribution in [2.45, 2.75) is 19.9 Å². The number of aliphatic hydroxyl groups is 1. The molecule has 1 amide bonds. The van der Waals surface area contributed by atoms with E-state index in [0.29, 0.717) is 19.5 Å². The Balaban J connectivity index is 1.87. The van der Waals surface area contributed by atoms with Crippen LogP contribution >= 0.6 is 0 Å². The van der Waals surface area contributed by atoms with Crippen LogP contribution in [0.4, 0.5) is 0 Å². The van der Waals surface area contributed by atoms with E-state index in [1.54, 1.807) is 6.33 Å². The molecule has 0 aliphatic carbocycles. The van der Waals surface area contributed by atoms with Crippen molar-refractivity contribution in [2.24, 2.45) is 5.92 Å². The molecule has 0 radical (unpaired) electrons. The van der Waals surface area contributed by atoms with Gasteiger partial charge in [0.15, 0.2) is 0 Å². The number of para-hydroxylation sites is 2. The maximum Gasteiger partial charge on any atom is 0.221 e. The maximum atomic E-state index is 11.7. The lowest BCUT2D eigenvalue weighted by molar-refractivity contribution is -0.121. The van der Waals surface area contributed by atoms with E-state index in [2.05, 4.69) is 10.3 Å². The number of nitrogens with zero attached hydrogens (tertiary/aromatic N) is 2. The minimum atomic E-state index is -0.00178. The number of fused-ring (bicyclic) bond motifs is 1.